The zero-order valence-corrected chi connectivity index (χ0v) is 18.4. The molecule has 0 aliphatic heterocycles. The van der Waals surface area contributed by atoms with Gasteiger partial charge in [0, 0.05) is 29.1 Å². The van der Waals surface area contributed by atoms with Crippen molar-refractivity contribution >= 4 is 39.2 Å². The predicted molar refractivity (Wildman–Crippen MR) is 133 cm³/mol. The number of aromatic amines is 2. The molecular weight excluding hydrogens is 438 g/mol. The number of aromatic nitrogens is 3. The van der Waals surface area contributed by atoms with Gasteiger partial charge in [0.25, 0.3) is 5.56 Å². The monoisotopic (exact) mass is 459 g/mol. The van der Waals surface area contributed by atoms with Gasteiger partial charge in [0.15, 0.2) is 0 Å². The van der Waals surface area contributed by atoms with Crippen LogP contribution in [0.25, 0.3) is 33.3 Å². The molecule has 0 radical (unpaired) electrons. The lowest BCUT2D eigenvalue weighted by atomic mass is 10.1. The number of hydrogen-bond acceptors (Lipinski definition) is 5. The molecule has 166 valence electrons. The molecule has 0 aliphatic carbocycles. The van der Waals surface area contributed by atoms with Gasteiger partial charge in [0.2, 0.25) is 0 Å². The van der Waals surface area contributed by atoms with Crippen molar-refractivity contribution < 1.29 is 4.74 Å². The standard InChI is InChI=1S/C25H22ClN5O2/c26-16-9-10-18-17(13-16)23(28-14-15-5-1-4-8-21(15)33-12-11-27)22(25(32)31-18)24-29-19-6-2-3-7-20(19)30-24/h1-10,13H,11-12,14,27H2,(H,29,30)(H2,28,31,32). The molecular formula is C25H22ClN5O2. The molecule has 5 aromatic rings. The first kappa shape index (κ1) is 21.1. The quantitative estimate of drug-likeness (QED) is 0.282. The number of fused-ring (bicyclic) bond motifs is 2. The summed E-state index contributed by atoms with van der Waals surface area (Å²) < 4.78 is 5.79. The van der Waals surface area contributed by atoms with E-state index in [9.17, 15) is 4.79 Å². The first-order valence-corrected chi connectivity index (χ1v) is 11.0. The Balaban J connectivity index is 1.64. The van der Waals surface area contributed by atoms with Gasteiger partial charge in [-0.25, -0.2) is 4.98 Å². The minimum Gasteiger partial charge on any atom is -0.492 e. The third-order valence-corrected chi connectivity index (χ3v) is 5.64. The Hall–Kier alpha value is -3.81. The van der Waals surface area contributed by atoms with Gasteiger partial charge in [0.05, 0.1) is 22.2 Å². The van der Waals surface area contributed by atoms with Crippen LogP contribution in [0.4, 0.5) is 5.69 Å². The van der Waals surface area contributed by atoms with Crippen molar-refractivity contribution in [1.29, 1.82) is 0 Å². The maximum atomic E-state index is 13.2. The van der Waals surface area contributed by atoms with Crippen molar-refractivity contribution in [2.45, 2.75) is 6.54 Å². The highest BCUT2D eigenvalue weighted by atomic mass is 35.5. The SMILES string of the molecule is NCCOc1ccccc1CNc1c(-c2nc3ccccc3[nH]2)c(=O)[nH]c2ccc(Cl)cc12. The number of halogens is 1. The van der Waals surface area contributed by atoms with Crippen molar-refractivity contribution in [3.63, 3.8) is 0 Å². The topological polar surface area (TPSA) is 109 Å². The number of nitrogens with one attached hydrogen (secondary N) is 3. The van der Waals surface area contributed by atoms with Crippen molar-refractivity contribution in [2.24, 2.45) is 5.73 Å². The summed E-state index contributed by atoms with van der Waals surface area (Å²) in [6.45, 7) is 1.28. The Morgan fingerprint density at radius 1 is 1.00 bits per heavy atom. The van der Waals surface area contributed by atoms with Crippen LogP contribution >= 0.6 is 11.6 Å². The molecule has 0 bridgehead atoms. The molecule has 0 saturated carbocycles. The maximum Gasteiger partial charge on any atom is 0.261 e. The summed E-state index contributed by atoms with van der Waals surface area (Å²) in [6.07, 6.45) is 0. The van der Waals surface area contributed by atoms with E-state index in [2.05, 4.69) is 20.3 Å². The molecule has 0 aliphatic rings. The van der Waals surface area contributed by atoms with E-state index in [4.69, 9.17) is 22.1 Å². The largest absolute Gasteiger partial charge is 0.492 e. The molecule has 0 unspecified atom stereocenters. The predicted octanol–water partition coefficient (Wildman–Crippen LogP) is 4.67. The fraction of sp³-hybridized carbons (Fsp3) is 0.120. The summed E-state index contributed by atoms with van der Waals surface area (Å²) in [6, 6.07) is 20.8. The van der Waals surface area contributed by atoms with E-state index in [-0.39, 0.29) is 5.56 Å². The lowest BCUT2D eigenvalue weighted by Gasteiger charge is -2.16. The molecule has 0 saturated heterocycles. The van der Waals surface area contributed by atoms with Gasteiger partial charge in [-0.2, -0.15) is 0 Å². The van der Waals surface area contributed by atoms with Gasteiger partial charge in [0.1, 0.15) is 23.7 Å². The number of nitrogens with zero attached hydrogens (tertiary/aromatic N) is 1. The van der Waals surface area contributed by atoms with Gasteiger partial charge in [-0.15, -0.1) is 0 Å². The van der Waals surface area contributed by atoms with Crippen LogP contribution in [0.15, 0.2) is 71.5 Å². The second kappa shape index (κ2) is 8.97. The number of benzene rings is 3. The van der Waals surface area contributed by atoms with Crippen molar-refractivity contribution in [1.82, 2.24) is 15.0 Å². The maximum absolute atomic E-state index is 13.2. The molecule has 3 aromatic carbocycles. The number of H-pyrrole nitrogens is 2. The highest BCUT2D eigenvalue weighted by Crippen LogP contribution is 2.33. The number of ether oxygens (including phenoxy) is 1. The molecule has 0 atom stereocenters. The fourth-order valence-electron chi connectivity index (χ4n) is 3.89. The molecule has 2 aromatic heterocycles. The Morgan fingerprint density at radius 2 is 1.82 bits per heavy atom. The smallest absolute Gasteiger partial charge is 0.261 e. The van der Waals surface area contributed by atoms with E-state index >= 15 is 0 Å². The number of rotatable bonds is 7. The second-order valence-electron chi connectivity index (χ2n) is 7.60. The zero-order valence-electron chi connectivity index (χ0n) is 17.7. The summed E-state index contributed by atoms with van der Waals surface area (Å²) in [7, 11) is 0. The lowest BCUT2D eigenvalue weighted by Crippen LogP contribution is -2.15. The minimum atomic E-state index is -0.251. The van der Waals surface area contributed by atoms with Crippen molar-refractivity contribution in [2.75, 3.05) is 18.5 Å². The second-order valence-corrected chi connectivity index (χ2v) is 8.03. The van der Waals surface area contributed by atoms with E-state index < -0.39 is 0 Å². The molecule has 5 rings (SSSR count). The number of pyridine rings is 1. The lowest BCUT2D eigenvalue weighted by molar-refractivity contribution is 0.325. The van der Waals surface area contributed by atoms with Crippen molar-refractivity contribution in [3.8, 4) is 17.1 Å². The average Bonchev–Trinajstić information content (AvgIpc) is 3.25. The highest BCUT2D eigenvalue weighted by molar-refractivity contribution is 6.31. The average molecular weight is 460 g/mol. The Kier molecular flexibility index (Phi) is 5.73. The van der Waals surface area contributed by atoms with Crippen LogP contribution in [-0.4, -0.2) is 28.1 Å². The van der Waals surface area contributed by atoms with Crippen LogP contribution in [0.2, 0.25) is 5.02 Å². The molecule has 2 heterocycles. The van der Waals surface area contributed by atoms with Crippen LogP contribution in [-0.2, 0) is 6.54 Å². The number of nitrogens with two attached hydrogens (primary N) is 1. The summed E-state index contributed by atoms with van der Waals surface area (Å²) in [5.74, 6) is 1.22. The summed E-state index contributed by atoms with van der Waals surface area (Å²) in [5, 5.41) is 4.81. The highest BCUT2D eigenvalue weighted by Gasteiger charge is 2.18. The van der Waals surface area contributed by atoms with Gasteiger partial charge >= 0.3 is 0 Å². The molecule has 7 nitrogen and oxygen atoms in total. The van der Waals surface area contributed by atoms with Gasteiger partial charge < -0.3 is 25.8 Å². The van der Waals surface area contributed by atoms with Crippen LogP contribution in [0.1, 0.15) is 5.56 Å². The number of imidazole rings is 1. The van der Waals surface area contributed by atoms with Gasteiger partial charge in [-0.05, 0) is 36.4 Å². The first-order chi connectivity index (χ1) is 16.1. The molecule has 0 amide bonds. The van der Waals surface area contributed by atoms with Gasteiger partial charge in [-0.1, -0.05) is 41.9 Å². The molecule has 33 heavy (non-hydrogen) atoms. The summed E-state index contributed by atoms with van der Waals surface area (Å²) >= 11 is 6.32. The van der Waals surface area contributed by atoms with E-state index in [0.717, 1.165) is 27.7 Å². The first-order valence-electron chi connectivity index (χ1n) is 10.6. The van der Waals surface area contributed by atoms with E-state index in [1.165, 1.54) is 0 Å². The Morgan fingerprint density at radius 3 is 2.67 bits per heavy atom. The van der Waals surface area contributed by atoms with Crippen LogP contribution in [0.3, 0.4) is 0 Å². The van der Waals surface area contributed by atoms with Gasteiger partial charge in [-0.3, -0.25) is 4.79 Å². The number of anilines is 1. The Bertz CT molecular complexity index is 1480. The molecule has 0 spiro atoms. The number of hydrogen-bond donors (Lipinski definition) is 4. The Labute approximate surface area is 194 Å². The fourth-order valence-corrected chi connectivity index (χ4v) is 4.06. The van der Waals surface area contributed by atoms with E-state index in [1.807, 2.05) is 54.6 Å². The summed E-state index contributed by atoms with van der Waals surface area (Å²) in [4.78, 5) is 24.1. The van der Waals surface area contributed by atoms with E-state index in [0.29, 0.717) is 47.3 Å². The summed E-state index contributed by atoms with van der Waals surface area (Å²) in [5.41, 5.74) is 9.66. The zero-order chi connectivity index (χ0) is 22.8. The van der Waals surface area contributed by atoms with Crippen LogP contribution in [0, 0.1) is 0 Å². The third kappa shape index (κ3) is 4.16. The van der Waals surface area contributed by atoms with Crippen LogP contribution < -0.4 is 21.3 Å². The third-order valence-electron chi connectivity index (χ3n) is 5.41. The molecule has 0 fully saturated rings. The normalized spacial score (nSPS) is 11.2. The van der Waals surface area contributed by atoms with E-state index in [1.54, 1.807) is 12.1 Å². The number of para-hydroxylation sites is 3. The molecule has 8 heteroatoms. The molecule has 5 N–H and O–H groups in total. The van der Waals surface area contributed by atoms with Crippen LogP contribution in [0.5, 0.6) is 5.75 Å². The minimum absolute atomic E-state index is 0.251. The van der Waals surface area contributed by atoms with Crippen molar-refractivity contribution in [3.05, 3.63) is 87.7 Å².